The first kappa shape index (κ1) is 9.52. The Bertz CT molecular complexity index is 266. The average molecular weight is 180 g/mol. The fourth-order valence-corrected chi connectivity index (χ4v) is 1.40. The lowest BCUT2D eigenvalue weighted by Crippen LogP contribution is -2.28. The summed E-state index contributed by atoms with van der Waals surface area (Å²) in [5, 5.41) is 12.6. The monoisotopic (exact) mass is 180 g/mol. The fraction of sp³-hybridized carbons (Fsp3) is 0.625. The van der Waals surface area contributed by atoms with Crippen LogP contribution >= 0.6 is 0 Å². The highest BCUT2D eigenvalue weighted by Crippen LogP contribution is 2.20. The molecule has 1 unspecified atom stereocenters. The Morgan fingerprint density at radius 1 is 1.69 bits per heavy atom. The topological polar surface area (TPSA) is 91.3 Å². The Kier molecular flexibility index (Phi) is 3.26. The van der Waals surface area contributed by atoms with Crippen LogP contribution in [0.4, 0.5) is 4.79 Å². The van der Waals surface area contributed by atoms with Gasteiger partial charge in [0, 0.05) is 0 Å². The molecule has 0 aromatic carbocycles. The van der Waals surface area contributed by atoms with Crippen molar-refractivity contribution in [1.29, 1.82) is 5.26 Å². The van der Waals surface area contributed by atoms with E-state index < -0.39 is 6.03 Å². The van der Waals surface area contributed by atoms with Gasteiger partial charge < -0.3 is 5.73 Å². The highest BCUT2D eigenvalue weighted by molar-refractivity contribution is 5.90. The van der Waals surface area contributed by atoms with Crippen molar-refractivity contribution in [2.24, 2.45) is 16.8 Å². The van der Waals surface area contributed by atoms with Crippen LogP contribution in [0.15, 0.2) is 5.10 Å². The van der Waals surface area contributed by atoms with Crippen molar-refractivity contribution in [2.75, 3.05) is 0 Å². The second kappa shape index (κ2) is 4.45. The molecule has 1 fully saturated rings. The summed E-state index contributed by atoms with van der Waals surface area (Å²) in [5.41, 5.74) is 7.75. The van der Waals surface area contributed by atoms with Gasteiger partial charge in [-0.2, -0.15) is 10.4 Å². The maximum atomic E-state index is 10.4. The van der Waals surface area contributed by atoms with Gasteiger partial charge in [0.25, 0.3) is 0 Å². The molecule has 0 aromatic heterocycles. The van der Waals surface area contributed by atoms with Crippen molar-refractivity contribution in [2.45, 2.75) is 25.7 Å². The number of urea groups is 1. The van der Waals surface area contributed by atoms with Gasteiger partial charge in [0.2, 0.25) is 0 Å². The molecule has 0 saturated heterocycles. The largest absolute Gasteiger partial charge is 0.350 e. The zero-order valence-corrected chi connectivity index (χ0v) is 7.29. The summed E-state index contributed by atoms with van der Waals surface area (Å²) < 4.78 is 0. The lowest BCUT2D eigenvalue weighted by molar-refractivity contribution is 0.249. The first-order valence-corrected chi connectivity index (χ1v) is 4.25. The number of nitrogens with one attached hydrogen (secondary N) is 1. The van der Waals surface area contributed by atoms with Gasteiger partial charge in [-0.05, 0) is 19.3 Å². The second-order valence-corrected chi connectivity index (χ2v) is 3.01. The maximum absolute atomic E-state index is 10.4. The number of carbonyl (C=O) groups is 1. The van der Waals surface area contributed by atoms with Gasteiger partial charge in [-0.25, -0.2) is 10.2 Å². The smallest absolute Gasteiger partial charge is 0.332 e. The van der Waals surface area contributed by atoms with Crippen molar-refractivity contribution < 1.29 is 4.79 Å². The number of carbonyl (C=O) groups excluding carboxylic acids is 1. The molecule has 0 aliphatic heterocycles. The zero-order valence-electron chi connectivity index (χ0n) is 7.29. The van der Waals surface area contributed by atoms with Gasteiger partial charge in [0.1, 0.15) is 0 Å². The maximum Gasteiger partial charge on any atom is 0.332 e. The number of nitrogens with zero attached hydrogens (tertiary/aromatic N) is 2. The van der Waals surface area contributed by atoms with Gasteiger partial charge in [0.05, 0.1) is 17.7 Å². The van der Waals surface area contributed by atoms with E-state index >= 15 is 0 Å². The standard InChI is InChI=1S/C8H12N4O/c9-5-6-3-1-2-4-7(6)11-12-8(10)13/h6H,1-4H2,(H3,10,12,13). The molecular weight excluding hydrogens is 168 g/mol. The van der Waals surface area contributed by atoms with Crippen molar-refractivity contribution in [1.82, 2.24) is 5.43 Å². The van der Waals surface area contributed by atoms with Crippen LogP contribution in [-0.4, -0.2) is 11.7 Å². The molecule has 3 N–H and O–H groups in total. The van der Waals surface area contributed by atoms with Crippen LogP contribution in [0.25, 0.3) is 0 Å². The molecular formula is C8H12N4O. The molecule has 1 aliphatic rings. The lowest BCUT2D eigenvalue weighted by Gasteiger charge is -2.17. The Morgan fingerprint density at radius 2 is 2.46 bits per heavy atom. The minimum atomic E-state index is -0.685. The third-order valence-corrected chi connectivity index (χ3v) is 2.04. The first-order chi connectivity index (χ1) is 6.24. The molecule has 1 rings (SSSR count). The number of nitriles is 1. The number of hydrogen-bond donors (Lipinski definition) is 2. The Labute approximate surface area is 76.6 Å². The third-order valence-electron chi connectivity index (χ3n) is 2.04. The van der Waals surface area contributed by atoms with Crippen LogP contribution in [0.1, 0.15) is 25.7 Å². The van der Waals surface area contributed by atoms with Gasteiger partial charge >= 0.3 is 6.03 Å². The van der Waals surface area contributed by atoms with Crippen LogP contribution in [0.2, 0.25) is 0 Å². The number of primary amides is 1. The number of amides is 2. The Morgan fingerprint density at radius 3 is 3.08 bits per heavy atom. The van der Waals surface area contributed by atoms with Gasteiger partial charge in [-0.3, -0.25) is 0 Å². The van der Waals surface area contributed by atoms with Gasteiger partial charge in [-0.1, -0.05) is 6.42 Å². The minimum Gasteiger partial charge on any atom is -0.350 e. The van der Waals surface area contributed by atoms with Crippen LogP contribution in [-0.2, 0) is 0 Å². The van der Waals surface area contributed by atoms with Crippen LogP contribution in [0.3, 0.4) is 0 Å². The lowest BCUT2D eigenvalue weighted by atomic mass is 9.88. The van der Waals surface area contributed by atoms with Crippen molar-refractivity contribution in [3.63, 3.8) is 0 Å². The van der Waals surface area contributed by atoms with Crippen molar-refractivity contribution in [3.8, 4) is 6.07 Å². The molecule has 0 spiro atoms. The fourth-order valence-electron chi connectivity index (χ4n) is 1.40. The molecule has 0 bridgehead atoms. The molecule has 0 heterocycles. The molecule has 70 valence electrons. The molecule has 1 aliphatic carbocycles. The highest BCUT2D eigenvalue weighted by atomic mass is 16.2. The highest BCUT2D eigenvalue weighted by Gasteiger charge is 2.19. The summed E-state index contributed by atoms with van der Waals surface area (Å²) in [4.78, 5) is 10.4. The van der Waals surface area contributed by atoms with E-state index in [0.717, 1.165) is 31.4 Å². The van der Waals surface area contributed by atoms with Crippen molar-refractivity contribution in [3.05, 3.63) is 0 Å². The number of rotatable bonds is 1. The molecule has 13 heavy (non-hydrogen) atoms. The van der Waals surface area contributed by atoms with Crippen molar-refractivity contribution >= 4 is 11.7 Å². The molecule has 0 aromatic rings. The van der Waals surface area contributed by atoms with E-state index in [9.17, 15) is 4.79 Å². The normalized spacial score (nSPS) is 25.2. The summed E-state index contributed by atoms with van der Waals surface area (Å²) in [6.07, 6.45) is 3.68. The minimum absolute atomic E-state index is 0.152. The Hall–Kier alpha value is -1.57. The predicted molar refractivity (Wildman–Crippen MR) is 47.7 cm³/mol. The first-order valence-electron chi connectivity index (χ1n) is 4.25. The third kappa shape index (κ3) is 2.75. The molecule has 5 nitrogen and oxygen atoms in total. The molecule has 2 amide bonds. The second-order valence-electron chi connectivity index (χ2n) is 3.01. The summed E-state index contributed by atoms with van der Waals surface area (Å²) in [7, 11) is 0. The van der Waals surface area contributed by atoms with E-state index in [4.69, 9.17) is 11.0 Å². The molecule has 1 saturated carbocycles. The van der Waals surface area contributed by atoms with E-state index in [1.54, 1.807) is 0 Å². The number of nitrogens with two attached hydrogens (primary N) is 1. The molecule has 5 heteroatoms. The van der Waals surface area contributed by atoms with Crippen LogP contribution in [0.5, 0.6) is 0 Å². The van der Waals surface area contributed by atoms with Crippen LogP contribution < -0.4 is 11.2 Å². The summed E-state index contributed by atoms with van der Waals surface area (Å²) >= 11 is 0. The molecule has 0 radical (unpaired) electrons. The van der Waals surface area contributed by atoms with E-state index in [2.05, 4.69) is 16.6 Å². The Balaban J connectivity index is 2.59. The number of hydrazone groups is 1. The molecule has 1 atom stereocenters. The van der Waals surface area contributed by atoms with E-state index in [-0.39, 0.29) is 5.92 Å². The zero-order chi connectivity index (χ0) is 9.68. The summed E-state index contributed by atoms with van der Waals surface area (Å²) in [5.74, 6) is -0.152. The SMILES string of the molecule is N#CC1CCCCC1=NNC(N)=O. The van der Waals surface area contributed by atoms with E-state index in [0.29, 0.717) is 0 Å². The van der Waals surface area contributed by atoms with Crippen LogP contribution in [0, 0.1) is 17.2 Å². The summed E-state index contributed by atoms with van der Waals surface area (Å²) in [6.45, 7) is 0. The van der Waals surface area contributed by atoms with E-state index in [1.807, 2.05) is 0 Å². The quantitative estimate of drug-likeness (QED) is 0.582. The average Bonchev–Trinajstić information content (AvgIpc) is 2.15. The van der Waals surface area contributed by atoms with E-state index in [1.165, 1.54) is 0 Å². The number of hydrogen-bond acceptors (Lipinski definition) is 3. The predicted octanol–water partition coefficient (Wildman–Crippen LogP) is 0.724. The summed E-state index contributed by atoms with van der Waals surface area (Å²) in [6, 6.07) is 1.47. The van der Waals surface area contributed by atoms with Gasteiger partial charge in [0.15, 0.2) is 0 Å². The van der Waals surface area contributed by atoms with Gasteiger partial charge in [-0.15, -0.1) is 0 Å².